The number of guanidine groups is 1. The van der Waals surface area contributed by atoms with Crippen molar-refractivity contribution < 1.29 is 0 Å². The van der Waals surface area contributed by atoms with E-state index in [-0.39, 0.29) is 24.0 Å². The van der Waals surface area contributed by atoms with Gasteiger partial charge >= 0.3 is 0 Å². The number of aromatic nitrogens is 1. The summed E-state index contributed by atoms with van der Waals surface area (Å²) in [7, 11) is 4.14. The third-order valence-corrected chi connectivity index (χ3v) is 5.45. The van der Waals surface area contributed by atoms with Crippen molar-refractivity contribution in [1.82, 2.24) is 20.5 Å². The van der Waals surface area contributed by atoms with Crippen molar-refractivity contribution in [3.63, 3.8) is 0 Å². The smallest absolute Gasteiger partial charge is 0.191 e. The quantitative estimate of drug-likeness (QED) is 0.429. The standard InChI is InChI=1S/C18H29N5.HI/c1-13-6-5-9-20-17(13)12-21-18(19-2)22-14-10-15-7-4-8-16(11-14)23(15)3;/h5-6,9,14-16H,4,7-8,10-12H2,1-3H3,(H2,19,21,22);1H. The molecule has 1 aromatic rings. The first-order valence-electron chi connectivity index (χ1n) is 8.77. The minimum Gasteiger partial charge on any atom is -0.354 e. The van der Waals surface area contributed by atoms with Gasteiger partial charge in [-0.1, -0.05) is 12.5 Å². The SMILES string of the molecule is CN=C(NCc1ncccc1C)NC1CC2CCCC(C1)N2C.I. The Morgan fingerprint density at radius 3 is 2.67 bits per heavy atom. The molecule has 6 heteroatoms. The summed E-state index contributed by atoms with van der Waals surface area (Å²) in [6.45, 7) is 2.81. The van der Waals surface area contributed by atoms with Crippen LogP contribution >= 0.6 is 24.0 Å². The lowest BCUT2D eigenvalue weighted by atomic mass is 9.82. The van der Waals surface area contributed by atoms with Crippen molar-refractivity contribution in [1.29, 1.82) is 0 Å². The van der Waals surface area contributed by atoms with E-state index in [9.17, 15) is 0 Å². The zero-order chi connectivity index (χ0) is 16.2. The van der Waals surface area contributed by atoms with Crippen molar-refractivity contribution in [2.24, 2.45) is 4.99 Å². The van der Waals surface area contributed by atoms with Crippen molar-refractivity contribution in [2.75, 3.05) is 14.1 Å². The second kappa shape index (κ2) is 8.99. The molecule has 2 N–H and O–H groups in total. The molecule has 0 amide bonds. The van der Waals surface area contributed by atoms with Crippen LogP contribution in [0.2, 0.25) is 0 Å². The number of hydrogen-bond donors (Lipinski definition) is 2. The number of nitrogens with one attached hydrogen (secondary N) is 2. The van der Waals surface area contributed by atoms with Crippen LogP contribution in [0.4, 0.5) is 0 Å². The molecule has 2 unspecified atom stereocenters. The van der Waals surface area contributed by atoms with Crippen LogP contribution in [-0.4, -0.2) is 48.1 Å². The summed E-state index contributed by atoms with van der Waals surface area (Å²) in [6, 6.07) is 6.06. The largest absolute Gasteiger partial charge is 0.354 e. The van der Waals surface area contributed by atoms with E-state index in [1.807, 2.05) is 19.3 Å². The summed E-state index contributed by atoms with van der Waals surface area (Å²) >= 11 is 0. The van der Waals surface area contributed by atoms with Gasteiger partial charge in [-0.05, 0) is 51.3 Å². The van der Waals surface area contributed by atoms with Crippen LogP contribution < -0.4 is 10.6 Å². The molecule has 24 heavy (non-hydrogen) atoms. The highest BCUT2D eigenvalue weighted by molar-refractivity contribution is 14.0. The Kier molecular flexibility index (Phi) is 7.28. The fourth-order valence-electron chi connectivity index (χ4n) is 3.99. The minimum absolute atomic E-state index is 0. The van der Waals surface area contributed by atoms with Crippen LogP contribution in [0.25, 0.3) is 0 Å². The fourth-order valence-corrected chi connectivity index (χ4v) is 3.99. The predicted octanol–water partition coefficient (Wildman–Crippen LogP) is 2.69. The topological polar surface area (TPSA) is 52.6 Å². The highest BCUT2D eigenvalue weighted by Gasteiger charge is 2.36. The molecule has 0 saturated carbocycles. The first kappa shape index (κ1) is 19.4. The van der Waals surface area contributed by atoms with Crippen LogP contribution in [0, 0.1) is 6.92 Å². The van der Waals surface area contributed by atoms with Crippen LogP contribution in [0.3, 0.4) is 0 Å². The molecule has 2 atom stereocenters. The van der Waals surface area contributed by atoms with Crippen LogP contribution in [0.15, 0.2) is 23.3 Å². The Bertz CT molecular complexity index is 548. The van der Waals surface area contributed by atoms with Crippen LogP contribution in [-0.2, 0) is 6.54 Å². The summed E-state index contributed by atoms with van der Waals surface area (Å²) in [4.78, 5) is 11.4. The lowest BCUT2D eigenvalue weighted by molar-refractivity contribution is 0.0526. The number of halogens is 1. The second-order valence-electron chi connectivity index (χ2n) is 6.91. The zero-order valence-corrected chi connectivity index (χ0v) is 17.3. The monoisotopic (exact) mass is 443 g/mol. The van der Waals surface area contributed by atoms with Gasteiger partial charge in [0, 0.05) is 31.4 Å². The Balaban J connectivity index is 0.00000208. The summed E-state index contributed by atoms with van der Waals surface area (Å²) < 4.78 is 0. The second-order valence-corrected chi connectivity index (χ2v) is 6.91. The van der Waals surface area contributed by atoms with E-state index in [2.05, 4.69) is 45.5 Å². The Morgan fingerprint density at radius 1 is 1.33 bits per heavy atom. The summed E-state index contributed by atoms with van der Waals surface area (Å²) in [5.74, 6) is 0.891. The molecule has 2 bridgehead atoms. The molecule has 5 nitrogen and oxygen atoms in total. The lowest BCUT2D eigenvalue weighted by Crippen LogP contribution is -2.56. The lowest BCUT2D eigenvalue weighted by Gasteiger charge is -2.47. The Hall–Kier alpha value is -0.890. The van der Waals surface area contributed by atoms with Gasteiger partial charge in [-0.3, -0.25) is 9.98 Å². The first-order chi connectivity index (χ1) is 11.2. The van der Waals surface area contributed by atoms with E-state index < -0.39 is 0 Å². The average Bonchev–Trinajstić information content (AvgIpc) is 2.53. The molecule has 0 radical (unpaired) electrons. The molecule has 3 rings (SSSR count). The Labute approximate surface area is 162 Å². The third kappa shape index (κ3) is 4.59. The molecule has 2 aliphatic heterocycles. The molecule has 2 aliphatic rings. The van der Waals surface area contributed by atoms with Gasteiger partial charge < -0.3 is 15.5 Å². The number of rotatable bonds is 3. The molecular weight excluding hydrogens is 413 g/mol. The molecular formula is C18H30IN5. The molecule has 0 aliphatic carbocycles. The van der Waals surface area contributed by atoms with Gasteiger partial charge in [-0.15, -0.1) is 24.0 Å². The first-order valence-corrected chi connectivity index (χ1v) is 8.77. The van der Waals surface area contributed by atoms with Gasteiger partial charge in [-0.2, -0.15) is 0 Å². The van der Waals surface area contributed by atoms with Gasteiger partial charge in [0.1, 0.15) is 0 Å². The molecule has 1 aromatic heterocycles. The fraction of sp³-hybridized carbons (Fsp3) is 0.667. The molecule has 2 fully saturated rings. The highest BCUT2D eigenvalue weighted by atomic mass is 127. The van der Waals surface area contributed by atoms with Gasteiger partial charge in [0.25, 0.3) is 0 Å². The zero-order valence-electron chi connectivity index (χ0n) is 15.0. The number of aryl methyl sites for hydroxylation is 1. The number of pyridine rings is 1. The minimum atomic E-state index is 0. The summed E-state index contributed by atoms with van der Waals surface area (Å²) in [5.41, 5.74) is 2.29. The van der Waals surface area contributed by atoms with Gasteiger partial charge in [0.05, 0.1) is 12.2 Å². The maximum absolute atomic E-state index is 4.44. The van der Waals surface area contributed by atoms with Gasteiger partial charge in [0.15, 0.2) is 5.96 Å². The van der Waals surface area contributed by atoms with Crippen molar-refractivity contribution in [3.8, 4) is 0 Å². The summed E-state index contributed by atoms with van der Waals surface area (Å²) in [5, 5.41) is 7.04. The molecule has 0 aromatic carbocycles. The van der Waals surface area contributed by atoms with E-state index >= 15 is 0 Å². The summed E-state index contributed by atoms with van der Waals surface area (Å²) in [6.07, 6.45) is 8.35. The maximum Gasteiger partial charge on any atom is 0.191 e. The molecule has 134 valence electrons. The number of fused-ring (bicyclic) bond motifs is 2. The average molecular weight is 443 g/mol. The van der Waals surface area contributed by atoms with Gasteiger partial charge in [0.2, 0.25) is 0 Å². The van der Waals surface area contributed by atoms with Crippen molar-refractivity contribution >= 4 is 29.9 Å². The number of hydrogen-bond acceptors (Lipinski definition) is 3. The normalized spacial score (nSPS) is 27.3. The van der Waals surface area contributed by atoms with E-state index in [0.29, 0.717) is 12.6 Å². The van der Waals surface area contributed by atoms with E-state index in [4.69, 9.17) is 0 Å². The number of piperidine rings is 2. The molecule has 0 spiro atoms. The molecule has 2 saturated heterocycles. The van der Waals surface area contributed by atoms with Gasteiger partial charge in [-0.25, -0.2) is 0 Å². The highest BCUT2D eigenvalue weighted by Crippen LogP contribution is 2.32. The predicted molar refractivity (Wildman–Crippen MR) is 110 cm³/mol. The number of aliphatic imine (C=N–C) groups is 1. The number of nitrogens with zero attached hydrogens (tertiary/aromatic N) is 3. The molecule has 3 heterocycles. The van der Waals surface area contributed by atoms with Crippen molar-refractivity contribution in [3.05, 3.63) is 29.6 Å². The maximum atomic E-state index is 4.44. The van der Waals surface area contributed by atoms with E-state index in [1.165, 1.54) is 37.7 Å². The van der Waals surface area contributed by atoms with E-state index in [1.54, 1.807) is 0 Å². The van der Waals surface area contributed by atoms with E-state index in [0.717, 1.165) is 23.7 Å². The van der Waals surface area contributed by atoms with Crippen LogP contribution in [0.5, 0.6) is 0 Å². The third-order valence-electron chi connectivity index (χ3n) is 5.45. The van der Waals surface area contributed by atoms with Crippen molar-refractivity contribution in [2.45, 2.75) is 63.7 Å². The Morgan fingerprint density at radius 2 is 2.04 bits per heavy atom. The van der Waals surface area contributed by atoms with Crippen LogP contribution in [0.1, 0.15) is 43.4 Å².